The molecule has 4 nitrogen and oxygen atoms in total. The summed E-state index contributed by atoms with van der Waals surface area (Å²) < 4.78 is 6.73. The lowest BCUT2D eigenvalue weighted by atomic mass is 9.33. The summed E-state index contributed by atoms with van der Waals surface area (Å²) in [6.45, 7) is 34.8. The molecule has 7 aliphatic rings. The molecule has 5 heteroatoms. The first-order chi connectivity index (χ1) is 37.5. The number of nitrogens with zero attached hydrogens (tertiary/aromatic N) is 3. The van der Waals surface area contributed by atoms with Crippen LogP contribution in [0, 0.1) is 13.8 Å². The highest BCUT2D eigenvalue weighted by Crippen LogP contribution is 2.65. The Kier molecular flexibility index (Phi) is 9.03. The molecule has 3 aliphatic carbocycles. The average molecular weight is 1030 g/mol. The zero-order valence-corrected chi connectivity index (χ0v) is 49.1. The number of furan rings is 1. The Hall–Kier alpha value is -6.98. The fourth-order valence-corrected chi connectivity index (χ4v) is 18.3. The van der Waals surface area contributed by atoms with Gasteiger partial charge in [-0.15, -0.1) is 0 Å². The van der Waals surface area contributed by atoms with E-state index < -0.39 is 5.41 Å². The van der Waals surface area contributed by atoms with Crippen LogP contribution in [-0.4, -0.2) is 12.3 Å². The largest absolute Gasteiger partial charge is 0.456 e. The third-order valence-electron chi connectivity index (χ3n) is 22.1. The number of rotatable bonds is 1. The van der Waals surface area contributed by atoms with E-state index in [4.69, 9.17) is 4.42 Å². The summed E-state index contributed by atoms with van der Waals surface area (Å²) in [4.78, 5) is 8.29. The first kappa shape index (κ1) is 48.0. The van der Waals surface area contributed by atoms with Crippen molar-refractivity contribution in [3.63, 3.8) is 0 Å². The van der Waals surface area contributed by atoms with Gasteiger partial charge in [-0.3, -0.25) is 0 Å². The molecule has 79 heavy (non-hydrogen) atoms. The summed E-state index contributed by atoms with van der Waals surface area (Å²) in [5, 5.41) is 2.30. The van der Waals surface area contributed by atoms with Crippen molar-refractivity contribution in [3.05, 3.63) is 195 Å². The van der Waals surface area contributed by atoms with E-state index in [9.17, 15) is 0 Å². The number of anilines is 8. The van der Waals surface area contributed by atoms with E-state index in [2.05, 4.69) is 245 Å². The zero-order chi connectivity index (χ0) is 54.6. The lowest BCUT2D eigenvalue weighted by Crippen LogP contribution is -2.61. The van der Waals surface area contributed by atoms with Crippen molar-refractivity contribution in [1.29, 1.82) is 0 Å². The monoisotopic (exact) mass is 1030 g/mol. The summed E-state index contributed by atoms with van der Waals surface area (Å²) in [6.07, 6.45) is 5.89. The molecule has 0 N–H and O–H groups in total. The zero-order valence-electron chi connectivity index (χ0n) is 49.1. The lowest BCUT2D eigenvalue weighted by molar-refractivity contribution is 0.195. The molecular weight excluding hydrogens is 958 g/mol. The van der Waals surface area contributed by atoms with Crippen molar-refractivity contribution in [1.82, 2.24) is 0 Å². The third-order valence-corrected chi connectivity index (χ3v) is 22.1. The van der Waals surface area contributed by atoms with E-state index in [1.807, 2.05) is 0 Å². The van der Waals surface area contributed by atoms with E-state index in [1.165, 1.54) is 137 Å². The molecule has 9 aromatic rings. The topological polar surface area (TPSA) is 22.9 Å². The van der Waals surface area contributed by atoms with Gasteiger partial charge in [-0.05, 0) is 201 Å². The van der Waals surface area contributed by atoms with Gasteiger partial charge in [0, 0.05) is 61.4 Å². The van der Waals surface area contributed by atoms with Gasteiger partial charge in [-0.2, -0.15) is 0 Å². The van der Waals surface area contributed by atoms with E-state index in [-0.39, 0.29) is 39.3 Å². The second-order valence-electron chi connectivity index (χ2n) is 29.0. The van der Waals surface area contributed by atoms with E-state index in [0.29, 0.717) is 0 Å². The van der Waals surface area contributed by atoms with Gasteiger partial charge in [0.25, 0.3) is 6.71 Å². The molecule has 16 rings (SSSR count). The van der Waals surface area contributed by atoms with E-state index in [1.54, 1.807) is 0 Å². The highest BCUT2D eigenvalue weighted by molar-refractivity contribution is 7.00. The molecule has 1 saturated carbocycles. The van der Waals surface area contributed by atoms with Crippen molar-refractivity contribution in [3.8, 4) is 0 Å². The van der Waals surface area contributed by atoms with Gasteiger partial charge < -0.3 is 19.1 Å². The average Bonchev–Trinajstić information content (AvgIpc) is 3.61. The Labute approximate surface area is 468 Å². The molecule has 0 radical (unpaired) electrons. The van der Waals surface area contributed by atoms with E-state index in [0.717, 1.165) is 40.5 Å². The second kappa shape index (κ2) is 14.9. The molecule has 394 valence electrons. The molecule has 0 amide bonds. The number of hydrogen-bond donors (Lipinski definition) is 0. The second-order valence-corrected chi connectivity index (χ2v) is 29.0. The minimum Gasteiger partial charge on any atom is -0.456 e. The number of hydrogen-bond acceptors (Lipinski definition) is 4. The van der Waals surface area contributed by atoms with Crippen LogP contribution in [0.5, 0.6) is 0 Å². The maximum Gasteiger partial charge on any atom is 0.252 e. The number of benzene rings is 8. The molecule has 8 aromatic carbocycles. The Morgan fingerprint density at radius 1 is 0.494 bits per heavy atom. The summed E-state index contributed by atoms with van der Waals surface area (Å²) in [5.41, 5.74) is 30.7. The maximum atomic E-state index is 6.73. The standard InChI is InChI=1S/C74H74BN3O/c1-42-32-62-67-63(33-42)77-58-39-53-51(34-43(58)2)71(10,11)46-23-16-17-24-47(46)74(53,14)52-40-59-54(36-48(52)68(3,4)5)72(12)30-19-20-31-73(72,13)78(59)44-28-29-55(60(77)35-44)75(67)56-37-49-50(70(8,9)41-69(49,6)7)38-61(56)76(62)57-25-21-27-65-66(57)45-22-15-18-26-64(45)79-65/h15-18,21-29,32-40H,19-20,30-31,41H2,1-14H3. The normalized spacial score (nSPS) is 23.7. The summed E-state index contributed by atoms with van der Waals surface area (Å²) in [6, 6.07) is 53.7. The fraction of sp³-hybridized carbons (Fsp3) is 0.351. The predicted molar refractivity (Wildman–Crippen MR) is 334 cm³/mol. The molecular formula is C74H74BN3O. The van der Waals surface area contributed by atoms with Crippen molar-refractivity contribution in [2.24, 2.45) is 0 Å². The smallest absolute Gasteiger partial charge is 0.252 e. The van der Waals surface area contributed by atoms with Gasteiger partial charge in [-0.1, -0.05) is 155 Å². The number of aryl methyl sites for hydroxylation is 2. The van der Waals surface area contributed by atoms with Gasteiger partial charge in [0.2, 0.25) is 0 Å². The molecule has 6 bridgehead atoms. The van der Waals surface area contributed by atoms with Crippen LogP contribution in [0.15, 0.2) is 138 Å². The molecule has 3 unspecified atom stereocenters. The molecule has 5 heterocycles. The van der Waals surface area contributed by atoms with Gasteiger partial charge in [0.15, 0.2) is 0 Å². The van der Waals surface area contributed by atoms with Crippen LogP contribution >= 0.6 is 0 Å². The van der Waals surface area contributed by atoms with E-state index >= 15 is 0 Å². The van der Waals surface area contributed by atoms with Crippen molar-refractivity contribution in [2.75, 3.05) is 14.7 Å². The Morgan fingerprint density at radius 3 is 1.90 bits per heavy atom. The first-order valence-corrected chi connectivity index (χ1v) is 29.7. The summed E-state index contributed by atoms with van der Waals surface area (Å²) in [5.74, 6) is 0. The van der Waals surface area contributed by atoms with Crippen molar-refractivity contribution < 1.29 is 4.42 Å². The molecule has 0 saturated heterocycles. The summed E-state index contributed by atoms with van der Waals surface area (Å²) in [7, 11) is 0. The minimum atomic E-state index is -0.481. The molecule has 0 spiro atoms. The van der Waals surface area contributed by atoms with Gasteiger partial charge in [0.05, 0.1) is 16.6 Å². The van der Waals surface area contributed by atoms with Gasteiger partial charge in [-0.25, -0.2) is 0 Å². The Morgan fingerprint density at radius 2 is 1.14 bits per heavy atom. The van der Waals surface area contributed by atoms with Crippen LogP contribution in [0.3, 0.4) is 0 Å². The third kappa shape index (κ3) is 5.78. The minimum absolute atomic E-state index is 0.00386. The number of para-hydroxylation sites is 1. The fourth-order valence-electron chi connectivity index (χ4n) is 18.3. The van der Waals surface area contributed by atoms with Gasteiger partial charge >= 0.3 is 0 Å². The van der Waals surface area contributed by atoms with Crippen LogP contribution in [0.2, 0.25) is 0 Å². The van der Waals surface area contributed by atoms with Crippen LogP contribution in [0.4, 0.5) is 45.5 Å². The van der Waals surface area contributed by atoms with Crippen LogP contribution in [0.1, 0.15) is 176 Å². The van der Waals surface area contributed by atoms with Crippen LogP contribution in [-0.2, 0) is 32.5 Å². The quantitative estimate of drug-likeness (QED) is 0.153. The van der Waals surface area contributed by atoms with Crippen molar-refractivity contribution in [2.45, 2.75) is 167 Å². The SMILES string of the molecule is Cc1cc2c3c(c1)N(c1cccc4oc5ccccc5c14)c1cc4c(cc1B3c1ccc3cc1N2c1cc2c(cc1C)C(C)(C)c1ccccc1C2(C)c1cc2c(cc1C(C)(C)C)C1(C)CCCCC1(C)N32)C(C)(C)CC4(C)C. The Balaban J connectivity index is 1.07. The highest BCUT2D eigenvalue weighted by atomic mass is 16.3. The van der Waals surface area contributed by atoms with Crippen LogP contribution in [0.25, 0.3) is 21.9 Å². The highest BCUT2D eigenvalue weighted by Gasteiger charge is 2.60. The molecule has 1 aromatic heterocycles. The maximum absolute atomic E-state index is 6.73. The molecule has 1 fully saturated rings. The molecule has 3 atom stereocenters. The lowest BCUT2D eigenvalue weighted by Gasteiger charge is -2.51. The van der Waals surface area contributed by atoms with Crippen LogP contribution < -0.4 is 31.1 Å². The van der Waals surface area contributed by atoms with Gasteiger partial charge in [0.1, 0.15) is 11.2 Å². The van der Waals surface area contributed by atoms with Crippen molar-refractivity contribution >= 4 is 90.5 Å². The summed E-state index contributed by atoms with van der Waals surface area (Å²) >= 11 is 0. The Bertz CT molecular complexity index is 4260. The first-order valence-electron chi connectivity index (χ1n) is 29.7. The number of fused-ring (bicyclic) bond motifs is 19. The predicted octanol–water partition coefficient (Wildman–Crippen LogP) is 17.6. The molecule has 4 aliphatic heterocycles.